The quantitative estimate of drug-likeness (QED) is 0.445. The highest BCUT2D eigenvalue weighted by atomic mass is 35.5. The number of nitrogens with zero attached hydrogens (tertiary/aromatic N) is 2. The molecule has 0 spiro atoms. The number of amides is 2. The van der Waals surface area contributed by atoms with Gasteiger partial charge in [0.2, 0.25) is 0 Å². The van der Waals surface area contributed by atoms with Crippen LogP contribution in [0.15, 0.2) is 54.6 Å². The van der Waals surface area contributed by atoms with Crippen molar-refractivity contribution in [1.82, 2.24) is 10.2 Å². The molecule has 9 heteroatoms. The van der Waals surface area contributed by atoms with Crippen LogP contribution in [-0.4, -0.2) is 22.0 Å². The van der Waals surface area contributed by atoms with Crippen molar-refractivity contribution in [3.63, 3.8) is 0 Å². The number of thiophene rings is 1. The second kappa shape index (κ2) is 7.75. The molecule has 0 unspecified atom stereocenters. The lowest BCUT2D eigenvalue weighted by molar-refractivity contribution is 0.102. The number of H-pyrrole nitrogens is 1. The molecule has 0 radical (unpaired) electrons. The van der Waals surface area contributed by atoms with Crippen LogP contribution in [0, 0.1) is 11.3 Å². The predicted molar refractivity (Wildman–Crippen MR) is 112 cm³/mol. The first kappa shape index (κ1) is 18.7. The van der Waals surface area contributed by atoms with Crippen molar-refractivity contribution in [2.75, 3.05) is 10.6 Å². The zero-order chi connectivity index (χ0) is 20.4. The van der Waals surface area contributed by atoms with Gasteiger partial charge >= 0.3 is 0 Å². The van der Waals surface area contributed by atoms with Crippen LogP contribution >= 0.6 is 22.9 Å². The van der Waals surface area contributed by atoms with Gasteiger partial charge in [0.05, 0.1) is 21.9 Å². The van der Waals surface area contributed by atoms with Crippen molar-refractivity contribution in [3.8, 4) is 6.07 Å². The van der Waals surface area contributed by atoms with Crippen LogP contribution in [0.5, 0.6) is 0 Å². The zero-order valence-electron chi connectivity index (χ0n) is 14.7. The summed E-state index contributed by atoms with van der Waals surface area (Å²) in [5.74, 6) is -0.347. The molecule has 0 saturated heterocycles. The van der Waals surface area contributed by atoms with Crippen molar-refractivity contribution < 1.29 is 9.59 Å². The van der Waals surface area contributed by atoms with Crippen LogP contribution in [0.4, 0.5) is 11.5 Å². The van der Waals surface area contributed by atoms with Crippen LogP contribution in [0.3, 0.4) is 0 Å². The molecule has 7 nitrogen and oxygen atoms in total. The fraction of sp³-hybridized carbons (Fsp3) is 0. The molecular formula is C20H12ClN5O2S. The van der Waals surface area contributed by atoms with E-state index in [-0.39, 0.29) is 11.8 Å². The van der Waals surface area contributed by atoms with Crippen LogP contribution in [-0.2, 0) is 0 Å². The van der Waals surface area contributed by atoms with E-state index in [0.717, 1.165) is 0 Å². The topological polar surface area (TPSA) is 111 Å². The van der Waals surface area contributed by atoms with Gasteiger partial charge in [0.1, 0.15) is 4.83 Å². The smallest absolute Gasteiger partial charge is 0.265 e. The minimum absolute atomic E-state index is 0.318. The molecule has 0 aliphatic rings. The average Bonchev–Trinajstić information content (AvgIpc) is 3.30. The molecule has 2 heterocycles. The van der Waals surface area contributed by atoms with Gasteiger partial charge < -0.3 is 10.6 Å². The van der Waals surface area contributed by atoms with Gasteiger partial charge in [0.15, 0.2) is 5.82 Å². The molecule has 29 heavy (non-hydrogen) atoms. The normalized spacial score (nSPS) is 10.5. The van der Waals surface area contributed by atoms with E-state index in [2.05, 4.69) is 20.8 Å². The number of hydrogen-bond donors (Lipinski definition) is 3. The molecule has 3 N–H and O–H groups in total. The molecule has 2 aromatic carbocycles. The van der Waals surface area contributed by atoms with E-state index in [9.17, 15) is 9.59 Å². The molecule has 0 fully saturated rings. The van der Waals surface area contributed by atoms with Crippen LogP contribution in [0.1, 0.15) is 25.6 Å². The molecule has 0 atom stereocenters. The number of nitriles is 1. The Morgan fingerprint density at radius 3 is 2.69 bits per heavy atom. The van der Waals surface area contributed by atoms with Crippen LogP contribution in [0.25, 0.3) is 10.2 Å². The van der Waals surface area contributed by atoms with E-state index in [1.807, 2.05) is 6.07 Å². The molecular weight excluding hydrogens is 410 g/mol. The number of carbonyl (C=O) groups excluding carboxylic acids is 2. The fourth-order valence-electron chi connectivity index (χ4n) is 2.69. The largest absolute Gasteiger partial charge is 0.321 e. The zero-order valence-corrected chi connectivity index (χ0v) is 16.3. The predicted octanol–water partition coefficient (Wildman–Crippen LogP) is 4.65. The van der Waals surface area contributed by atoms with Crippen molar-refractivity contribution in [2.24, 2.45) is 0 Å². The number of benzene rings is 2. The molecule has 0 aliphatic carbocycles. The van der Waals surface area contributed by atoms with Gasteiger partial charge in [0, 0.05) is 16.3 Å². The first-order chi connectivity index (χ1) is 14.0. The summed E-state index contributed by atoms with van der Waals surface area (Å²) in [6.07, 6.45) is 0. The van der Waals surface area contributed by atoms with Gasteiger partial charge in [-0.1, -0.05) is 23.7 Å². The number of hydrogen-bond acceptors (Lipinski definition) is 5. The minimum atomic E-state index is -0.355. The number of carbonyl (C=O) groups is 2. The SMILES string of the molecule is N#Cc1cccc(NC(=O)c2cc3c(NC(=O)c4cccc(Cl)c4)n[nH]c3s2)c1. The Hall–Kier alpha value is -3.67. The molecule has 0 aliphatic heterocycles. The van der Waals surface area contributed by atoms with Crippen LogP contribution < -0.4 is 10.6 Å². The summed E-state index contributed by atoms with van der Waals surface area (Å²) in [7, 11) is 0. The standard InChI is InChI=1S/C20H12ClN5O2S/c21-13-5-2-4-12(8-13)18(27)24-17-15-9-16(29-20(15)26-25-17)19(28)23-14-6-1-3-11(7-14)10-22/h1-9H,(H,23,28)(H2,24,25,26,27). The summed E-state index contributed by atoms with van der Waals surface area (Å²) in [6.45, 7) is 0. The Kier molecular flexibility index (Phi) is 4.99. The Morgan fingerprint density at radius 1 is 1.07 bits per heavy atom. The Balaban J connectivity index is 1.54. The first-order valence-electron chi connectivity index (χ1n) is 8.40. The molecule has 4 aromatic rings. The molecule has 2 amide bonds. The van der Waals surface area contributed by atoms with Crippen molar-refractivity contribution in [3.05, 3.63) is 75.6 Å². The lowest BCUT2D eigenvalue weighted by Gasteiger charge is -2.03. The maximum atomic E-state index is 12.6. The maximum absolute atomic E-state index is 12.6. The van der Waals surface area contributed by atoms with E-state index in [4.69, 9.17) is 16.9 Å². The van der Waals surface area contributed by atoms with Crippen molar-refractivity contribution in [1.29, 1.82) is 5.26 Å². The number of aromatic amines is 1. The van der Waals surface area contributed by atoms with E-state index < -0.39 is 0 Å². The molecule has 4 rings (SSSR count). The van der Waals surface area contributed by atoms with Gasteiger partial charge in [-0.25, -0.2) is 0 Å². The second-order valence-corrected chi connectivity index (χ2v) is 7.53. The molecule has 2 aromatic heterocycles. The number of anilines is 2. The highest BCUT2D eigenvalue weighted by Gasteiger charge is 2.17. The second-order valence-electron chi connectivity index (χ2n) is 6.04. The van der Waals surface area contributed by atoms with Crippen LogP contribution in [0.2, 0.25) is 5.02 Å². The molecule has 0 saturated carbocycles. The van der Waals surface area contributed by atoms with Gasteiger partial charge in [-0.3, -0.25) is 14.7 Å². The lowest BCUT2D eigenvalue weighted by atomic mass is 10.2. The summed E-state index contributed by atoms with van der Waals surface area (Å²) >= 11 is 7.14. The highest BCUT2D eigenvalue weighted by Crippen LogP contribution is 2.30. The fourth-order valence-corrected chi connectivity index (χ4v) is 3.78. The van der Waals surface area contributed by atoms with Gasteiger partial charge in [-0.05, 0) is 42.5 Å². The van der Waals surface area contributed by atoms with Crippen molar-refractivity contribution >= 4 is 56.5 Å². The first-order valence-corrected chi connectivity index (χ1v) is 9.59. The van der Waals surface area contributed by atoms with E-state index in [1.54, 1.807) is 54.6 Å². The highest BCUT2D eigenvalue weighted by molar-refractivity contribution is 7.20. The van der Waals surface area contributed by atoms with E-state index >= 15 is 0 Å². The van der Waals surface area contributed by atoms with Gasteiger partial charge in [0.25, 0.3) is 11.8 Å². The average molecular weight is 422 g/mol. The third kappa shape index (κ3) is 3.96. The third-order valence-electron chi connectivity index (χ3n) is 4.05. The summed E-state index contributed by atoms with van der Waals surface area (Å²) in [5.41, 5.74) is 1.38. The van der Waals surface area contributed by atoms with Gasteiger partial charge in [-0.2, -0.15) is 10.4 Å². The monoisotopic (exact) mass is 421 g/mol. The molecule has 0 bridgehead atoms. The summed E-state index contributed by atoms with van der Waals surface area (Å²) in [6, 6.07) is 16.9. The third-order valence-corrected chi connectivity index (χ3v) is 5.32. The number of nitrogens with one attached hydrogen (secondary N) is 3. The van der Waals surface area contributed by atoms with Crippen molar-refractivity contribution in [2.45, 2.75) is 0 Å². The summed E-state index contributed by atoms with van der Waals surface area (Å²) in [5, 5.41) is 22.5. The summed E-state index contributed by atoms with van der Waals surface area (Å²) in [4.78, 5) is 26.1. The number of rotatable bonds is 4. The number of halogens is 1. The van der Waals surface area contributed by atoms with E-state index in [1.165, 1.54) is 11.3 Å². The summed E-state index contributed by atoms with van der Waals surface area (Å²) < 4.78 is 0. The maximum Gasteiger partial charge on any atom is 0.265 e. The Labute approximate surface area is 173 Å². The Bertz CT molecular complexity index is 1290. The Morgan fingerprint density at radius 2 is 1.90 bits per heavy atom. The lowest BCUT2D eigenvalue weighted by Crippen LogP contribution is -2.12. The number of aromatic nitrogens is 2. The number of fused-ring (bicyclic) bond motifs is 1. The molecule has 142 valence electrons. The minimum Gasteiger partial charge on any atom is -0.321 e. The van der Waals surface area contributed by atoms with Gasteiger partial charge in [-0.15, -0.1) is 11.3 Å². The van der Waals surface area contributed by atoms with E-state index in [0.29, 0.717) is 42.7 Å².